The van der Waals surface area contributed by atoms with Gasteiger partial charge in [0.2, 0.25) is 0 Å². The third kappa shape index (κ3) is 4.70. The number of aliphatic hydroxyl groups is 1. The van der Waals surface area contributed by atoms with Crippen molar-refractivity contribution in [2.45, 2.75) is 33.3 Å². The van der Waals surface area contributed by atoms with E-state index in [2.05, 4.69) is 33.0 Å². The molecule has 0 radical (unpaired) electrons. The number of rotatable bonds is 6. The minimum Gasteiger partial charge on any atom is -0.504 e. The fraction of sp³-hybridized carbons (Fsp3) is 0.412. The Morgan fingerprint density at radius 1 is 1.42 bits per heavy atom. The molecule has 24 heavy (non-hydrogen) atoms. The summed E-state index contributed by atoms with van der Waals surface area (Å²) in [5.41, 5.74) is 0.529. The van der Waals surface area contributed by atoms with Crippen LogP contribution in [0.5, 0.6) is 5.75 Å². The minimum atomic E-state index is -0.440. The molecule has 0 bridgehead atoms. The number of hydrogen-bond donors (Lipinski definition) is 3. The van der Waals surface area contributed by atoms with Crippen LogP contribution in [0.25, 0.3) is 5.69 Å². The maximum Gasteiger partial charge on any atom is 0.275 e. The number of carbonyl (C=O) groups excluding carboxylic acids is 1. The molecule has 130 valence electrons. The van der Waals surface area contributed by atoms with Crippen LogP contribution in [0.3, 0.4) is 0 Å². The summed E-state index contributed by atoms with van der Waals surface area (Å²) in [6.07, 6.45) is 1.55. The molecule has 2 aromatic rings. The van der Waals surface area contributed by atoms with Crippen molar-refractivity contribution in [3.05, 3.63) is 39.7 Å². The molecule has 3 N–H and O–H groups in total. The molecule has 0 saturated carbocycles. The third-order valence-electron chi connectivity index (χ3n) is 3.58. The van der Waals surface area contributed by atoms with Crippen molar-refractivity contribution in [2.75, 3.05) is 6.54 Å². The van der Waals surface area contributed by atoms with Crippen LogP contribution < -0.4 is 5.32 Å². The van der Waals surface area contributed by atoms with Crippen molar-refractivity contribution in [1.29, 1.82) is 0 Å². The van der Waals surface area contributed by atoms with Crippen molar-refractivity contribution < 1.29 is 15.0 Å². The van der Waals surface area contributed by atoms with Crippen LogP contribution in [-0.2, 0) is 0 Å². The van der Waals surface area contributed by atoms with E-state index in [1.807, 2.05) is 38.1 Å². The van der Waals surface area contributed by atoms with Crippen LogP contribution >= 0.6 is 22.6 Å². The van der Waals surface area contributed by atoms with Crippen LogP contribution in [0.15, 0.2) is 30.5 Å². The van der Waals surface area contributed by atoms with Gasteiger partial charge in [0.05, 0.1) is 18.0 Å². The molecular weight excluding hydrogens is 421 g/mol. The van der Waals surface area contributed by atoms with E-state index in [-0.39, 0.29) is 16.9 Å². The highest BCUT2D eigenvalue weighted by Gasteiger charge is 2.23. The fourth-order valence-corrected chi connectivity index (χ4v) is 3.20. The lowest BCUT2D eigenvalue weighted by molar-refractivity contribution is 0.0894. The summed E-state index contributed by atoms with van der Waals surface area (Å²) in [6, 6.07) is 7.57. The van der Waals surface area contributed by atoms with Gasteiger partial charge in [-0.25, -0.2) is 4.68 Å². The molecule has 0 unspecified atom stereocenters. The first-order valence-corrected chi connectivity index (χ1v) is 8.77. The molecule has 0 aliphatic rings. The molecule has 1 atom stereocenters. The molecule has 0 spiro atoms. The van der Waals surface area contributed by atoms with Gasteiger partial charge in [-0.3, -0.25) is 4.79 Å². The van der Waals surface area contributed by atoms with Gasteiger partial charge in [0.15, 0.2) is 11.4 Å². The summed E-state index contributed by atoms with van der Waals surface area (Å²) in [4.78, 5) is 12.3. The molecule has 1 aromatic heterocycles. The monoisotopic (exact) mass is 443 g/mol. The van der Waals surface area contributed by atoms with E-state index < -0.39 is 12.0 Å². The highest BCUT2D eigenvalue weighted by atomic mass is 127. The van der Waals surface area contributed by atoms with Crippen LogP contribution in [0.2, 0.25) is 0 Å². The van der Waals surface area contributed by atoms with Crippen LogP contribution in [-0.4, -0.2) is 38.5 Å². The number of para-hydroxylation sites is 1. The van der Waals surface area contributed by atoms with E-state index in [9.17, 15) is 15.0 Å². The average molecular weight is 443 g/mol. The van der Waals surface area contributed by atoms with Gasteiger partial charge in [-0.1, -0.05) is 26.0 Å². The average Bonchev–Trinajstić information content (AvgIpc) is 2.86. The number of nitrogens with zero attached hydrogens (tertiary/aromatic N) is 2. The summed E-state index contributed by atoms with van der Waals surface area (Å²) >= 11 is 2.17. The number of carbonyl (C=O) groups is 1. The summed E-state index contributed by atoms with van der Waals surface area (Å²) in [5, 5.41) is 26.5. The zero-order valence-corrected chi connectivity index (χ0v) is 16.1. The quantitative estimate of drug-likeness (QED) is 0.600. The first-order chi connectivity index (χ1) is 11.2. The van der Waals surface area contributed by atoms with Gasteiger partial charge in [0.25, 0.3) is 5.91 Å². The Labute approximate surface area is 155 Å². The van der Waals surface area contributed by atoms with Gasteiger partial charge < -0.3 is 15.5 Å². The van der Waals surface area contributed by atoms with E-state index in [0.717, 1.165) is 9.26 Å². The lowest BCUT2D eigenvalue weighted by Crippen LogP contribution is -2.36. The number of nitrogens with one attached hydrogen (secondary N) is 1. The first-order valence-electron chi connectivity index (χ1n) is 7.69. The number of halogens is 1. The van der Waals surface area contributed by atoms with Crippen molar-refractivity contribution in [1.82, 2.24) is 15.1 Å². The van der Waals surface area contributed by atoms with E-state index in [1.165, 1.54) is 10.9 Å². The number of amides is 1. The van der Waals surface area contributed by atoms with Gasteiger partial charge in [-0.2, -0.15) is 5.10 Å². The number of hydrogen-bond acceptors (Lipinski definition) is 4. The summed E-state index contributed by atoms with van der Waals surface area (Å²) < 4.78 is 2.45. The van der Waals surface area contributed by atoms with E-state index in [0.29, 0.717) is 13.0 Å². The van der Waals surface area contributed by atoms with Crippen LogP contribution in [0.1, 0.15) is 37.7 Å². The van der Waals surface area contributed by atoms with Gasteiger partial charge in [0, 0.05) is 10.1 Å². The molecule has 0 aliphatic heterocycles. The minimum absolute atomic E-state index is 0.0116. The molecule has 1 amide bonds. The summed E-state index contributed by atoms with van der Waals surface area (Å²) in [6.45, 7) is 6.03. The standard InChI is InChI=1S/C17H22IN3O3/c1-11(22)8-17(2,3)10-19-16(24)15-14(23)9-21(20-15)13-7-5-4-6-12(13)18/h4-7,9,11,22-23H,8,10H2,1-3H3,(H,19,24)/t11-/m1/s1. The largest absolute Gasteiger partial charge is 0.504 e. The Bertz CT molecular complexity index is 726. The molecule has 7 heteroatoms. The fourth-order valence-electron chi connectivity index (χ4n) is 2.56. The zero-order valence-electron chi connectivity index (χ0n) is 14.0. The van der Waals surface area contributed by atoms with Gasteiger partial charge >= 0.3 is 0 Å². The Morgan fingerprint density at radius 2 is 2.08 bits per heavy atom. The molecule has 1 aromatic carbocycles. The molecule has 0 fully saturated rings. The van der Waals surface area contributed by atoms with Crippen molar-refractivity contribution in [2.24, 2.45) is 5.41 Å². The SMILES string of the molecule is C[C@@H](O)CC(C)(C)CNC(=O)c1nn(-c2ccccc2I)cc1O. The van der Waals surface area contributed by atoms with Crippen molar-refractivity contribution >= 4 is 28.5 Å². The third-order valence-corrected chi connectivity index (χ3v) is 4.50. The lowest BCUT2D eigenvalue weighted by Gasteiger charge is -2.26. The second-order valence-electron chi connectivity index (χ2n) is 6.66. The highest BCUT2D eigenvalue weighted by Crippen LogP contribution is 2.23. The number of aromatic nitrogens is 2. The van der Waals surface area contributed by atoms with Gasteiger partial charge in [-0.15, -0.1) is 0 Å². The normalized spacial score (nSPS) is 12.9. The second kappa shape index (κ2) is 7.52. The molecule has 2 rings (SSSR count). The molecule has 0 saturated heterocycles. The Hall–Kier alpha value is -1.61. The van der Waals surface area contributed by atoms with Crippen LogP contribution in [0, 0.1) is 8.99 Å². The first kappa shape index (κ1) is 18.7. The number of aromatic hydroxyl groups is 1. The van der Waals surface area contributed by atoms with Crippen molar-refractivity contribution in [3.63, 3.8) is 0 Å². The van der Waals surface area contributed by atoms with E-state index in [4.69, 9.17) is 0 Å². The predicted molar refractivity (Wildman–Crippen MR) is 100 cm³/mol. The zero-order chi connectivity index (χ0) is 17.9. The number of benzene rings is 1. The maximum atomic E-state index is 12.3. The Morgan fingerprint density at radius 3 is 2.71 bits per heavy atom. The molecule has 0 aliphatic carbocycles. The maximum absolute atomic E-state index is 12.3. The van der Waals surface area contributed by atoms with Crippen LogP contribution in [0.4, 0.5) is 0 Å². The van der Waals surface area contributed by atoms with E-state index >= 15 is 0 Å². The van der Waals surface area contributed by atoms with Gasteiger partial charge in [-0.05, 0) is 53.5 Å². The molecular formula is C17H22IN3O3. The smallest absolute Gasteiger partial charge is 0.275 e. The van der Waals surface area contributed by atoms with Crippen molar-refractivity contribution in [3.8, 4) is 11.4 Å². The molecule has 6 nitrogen and oxygen atoms in total. The van der Waals surface area contributed by atoms with Gasteiger partial charge in [0.1, 0.15) is 0 Å². The predicted octanol–water partition coefficient (Wildman–Crippen LogP) is 2.71. The highest BCUT2D eigenvalue weighted by molar-refractivity contribution is 14.1. The van der Waals surface area contributed by atoms with E-state index in [1.54, 1.807) is 6.92 Å². The molecule has 1 heterocycles. The number of aliphatic hydroxyl groups excluding tert-OH is 1. The lowest BCUT2D eigenvalue weighted by atomic mass is 9.87. The second-order valence-corrected chi connectivity index (χ2v) is 7.82. The summed E-state index contributed by atoms with van der Waals surface area (Å²) in [5.74, 6) is -0.601. The Balaban J connectivity index is 2.13. The topological polar surface area (TPSA) is 87.4 Å². The summed E-state index contributed by atoms with van der Waals surface area (Å²) in [7, 11) is 0. The Kier molecular flexibility index (Phi) is 5.87.